The second-order valence-corrected chi connectivity index (χ2v) is 5.72. The first-order valence-corrected chi connectivity index (χ1v) is 7.70. The summed E-state index contributed by atoms with van der Waals surface area (Å²) in [6.45, 7) is 5.35. The van der Waals surface area contributed by atoms with Crippen molar-refractivity contribution in [1.82, 2.24) is 15.0 Å². The third-order valence-corrected chi connectivity index (χ3v) is 4.36. The summed E-state index contributed by atoms with van der Waals surface area (Å²) in [4.78, 5) is 17.5. The molecule has 0 bridgehead atoms. The van der Waals surface area contributed by atoms with Gasteiger partial charge in [0.25, 0.3) is 0 Å². The number of ether oxygens (including phenoxy) is 1. The molecule has 0 saturated carbocycles. The lowest BCUT2D eigenvalue weighted by atomic mass is 9.92. The van der Waals surface area contributed by atoms with Crippen molar-refractivity contribution in [3.05, 3.63) is 42.5 Å². The number of rotatable bonds is 3. The van der Waals surface area contributed by atoms with Crippen LogP contribution in [0.2, 0.25) is 0 Å². The number of hydrogen-bond donors (Lipinski definition) is 0. The number of pyridine rings is 1. The summed E-state index contributed by atoms with van der Waals surface area (Å²) in [6, 6.07) is 6.29. The molecule has 4 rings (SSSR count). The molecule has 0 spiro atoms. The molecule has 2 fully saturated rings. The van der Waals surface area contributed by atoms with Gasteiger partial charge in [0.15, 0.2) is 0 Å². The highest BCUT2D eigenvalue weighted by Gasteiger charge is 2.29. The fourth-order valence-electron chi connectivity index (χ4n) is 2.99. The van der Waals surface area contributed by atoms with Crippen molar-refractivity contribution in [2.45, 2.75) is 5.92 Å². The lowest BCUT2D eigenvalue weighted by molar-refractivity contribution is 0.122. The summed E-state index contributed by atoms with van der Waals surface area (Å²) < 4.78 is 5.39. The smallest absolute Gasteiger partial charge is 0.134 e. The standard InChI is InChI=1S/C16H19N5O/c1-3-17-4-2-13(1)14-10-21(11-14)16-9-15(18-12-19-16)20-5-7-22-8-6-20/h1-4,9,12,14H,5-8,10-11H2. The van der Waals surface area contributed by atoms with E-state index in [9.17, 15) is 0 Å². The Labute approximate surface area is 129 Å². The maximum Gasteiger partial charge on any atom is 0.134 e. The van der Waals surface area contributed by atoms with E-state index in [4.69, 9.17) is 4.74 Å². The molecule has 2 saturated heterocycles. The SMILES string of the molecule is c1cc(C2CN(c3cc(N4CCOCC4)ncn3)C2)ccn1. The average Bonchev–Trinajstić information content (AvgIpc) is 2.56. The summed E-state index contributed by atoms with van der Waals surface area (Å²) >= 11 is 0. The van der Waals surface area contributed by atoms with Gasteiger partial charge in [0.05, 0.1) is 13.2 Å². The van der Waals surface area contributed by atoms with Gasteiger partial charge in [-0.15, -0.1) is 0 Å². The predicted octanol–water partition coefficient (Wildman–Crippen LogP) is 1.31. The fourth-order valence-corrected chi connectivity index (χ4v) is 2.99. The molecule has 0 unspecified atom stereocenters. The predicted molar refractivity (Wildman–Crippen MR) is 84.3 cm³/mol. The van der Waals surface area contributed by atoms with E-state index in [-0.39, 0.29) is 0 Å². The molecule has 0 amide bonds. The zero-order valence-corrected chi connectivity index (χ0v) is 12.4. The third-order valence-electron chi connectivity index (χ3n) is 4.36. The molecule has 2 aliphatic heterocycles. The average molecular weight is 297 g/mol. The quantitative estimate of drug-likeness (QED) is 0.851. The monoisotopic (exact) mass is 297 g/mol. The van der Waals surface area contributed by atoms with Crippen molar-refractivity contribution in [1.29, 1.82) is 0 Å². The summed E-state index contributed by atoms with van der Waals surface area (Å²) in [5, 5.41) is 0. The maximum absolute atomic E-state index is 5.39. The number of hydrogen-bond acceptors (Lipinski definition) is 6. The number of morpholine rings is 1. The Kier molecular flexibility index (Phi) is 3.60. The van der Waals surface area contributed by atoms with Crippen molar-refractivity contribution in [3.8, 4) is 0 Å². The number of anilines is 2. The largest absolute Gasteiger partial charge is 0.378 e. The first-order chi connectivity index (χ1) is 10.9. The van der Waals surface area contributed by atoms with Crippen LogP contribution in [0, 0.1) is 0 Å². The Morgan fingerprint density at radius 1 is 0.955 bits per heavy atom. The molecule has 4 heterocycles. The topological polar surface area (TPSA) is 54.4 Å². The lowest BCUT2D eigenvalue weighted by Gasteiger charge is -2.40. The number of aromatic nitrogens is 3. The van der Waals surface area contributed by atoms with Crippen LogP contribution in [0.3, 0.4) is 0 Å². The summed E-state index contributed by atoms with van der Waals surface area (Å²) in [6.07, 6.45) is 5.39. The van der Waals surface area contributed by atoms with E-state index in [1.54, 1.807) is 6.33 Å². The van der Waals surface area contributed by atoms with Crippen LogP contribution in [0.4, 0.5) is 11.6 Å². The molecule has 0 aliphatic carbocycles. The summed E-state index contributed by atoms with van der Waals surface area (Å²) in [5.74, 6) is 2.59. The molecule has 0 N–H and O–H groups in total. The van der Waals surface area contributed by atoms with Crippen LogP contribution in [0.1, 0.15) is 11.5 Å². The van der Waals surface area contributed by atoms with Gasteiger partial charge in [-0.3, -0.25) is 4.98 Å². The molecule has 6 nitrogen and oxygen atoms in total. The van der Waals surface area contributed by atoms with Crippen LogP contribution in [0.15, 0.2) is 36.9 Å². The van der Waals surface area contributed by atoms with Crippen molar-refractivity contribution < 1.29 is 4.74 Å². The van der Waals surface area contributed by atoms with Gasteiger partial charge >= 0.3 is 0 Å². The fraction of sp³-hybridized carbons (Fsp3) is 0.438. The van der Waals surface area contributed by atoms with Crippen molar-refractivity contribution in [2.24, 2.45) is 0 Å². The second-order valence-electron chi connectivity index (χ2n) is 5.72. The lowest BCUT2D eigenvalue weighted by Crippen LogP contribution is -2.45. The van der Waals surface area contributed by atoms with Crippen LogP contribution < -0.4 is 9.80 Å². The van der Waals surface area contributed by atoms with Gasteiger partial charge in [0.1, 0.15) is 18.0 Å². The molecule has 2 aromatic rings. The van der Waals surface area contributed by atoms with Crippen LogP contribution >= 0.6 is 0 Å². The summed E-state index contributed by atoms with van der Waals surface area (Å²) in [5.41, 5.74) is 1.36. The van der Waals surface area contributed by atoms with E-state index >= 15 is 0 Å². The molecule has 0 atom stereocenters. The van der Waals surface area contributed by atoms with Gasteiger partial charge in [-0.1, -0.05) is 0 Å². The van der Waals surface area contributed by atoms with E-state index in [2.05, 4.69) is 43.0 Å². The molecule has 0 aromatic carbocycles. The zero-order chi connectivity index (χ0) is 14.8. The Morgan fingerprint density at radius 2 is 1.64 bits per heavy atom. The van der Waals surface area contributed by atoms with Crippen molar-refractivity contribution >= 4 is 11.6 Å². The highest BCUT2D eigenvalue weighted by molar-refractivity contribution is 5.53. The van der Waals surface area contributed by atoms with Gasteiger partial charge in [0.2, 0.25) is 0 Å². The maximum atomic E-state index is 5.39. The van der Waals surface area contributed by atoms with Crippen molar-refractivity contribution in [2.75, 3.05) is 49.2 Å². The van der Waals surface area contributed by atoms with Crippen LogP contribution in [-0.2, 0) is 4.74 Å². The summed E-state index contributed by atoms with van der Waals surface area (Å²) in [7, 11) is 0. The first-order valence-electron chi connectivity index (χ1n) is 7.70. The second kappa shape index (κ2) is 5.88. The van der Waals surface area contributed by atoms with E-state index in [0.29, 0.717) is 5.92 Å². The molecule has 22 heavy (non-hydrogen) atoms. The van der Waals surface area contributed by atoms with Crippen LogP contribution in [0.25, 0.3) is 0 Å². The van der Waals surface area contributed by atoms with E-state index in [0.717, 1.165) is 51.0 Å². The van der Waals surface area contributed by atoms with Gasteiger partial charge in [-0.25, -0.2) is 9.97 Å². The van der Waals surface area contributed by atoms with Gasteiger partial charge in [-0.2, -0.15) is 0 Å². The zero-order valence-electron chi connectivity index (χ0n) is 12.4. The number of nitrogens with zero attached hydrogens (tertiary/aromatic N) is 5. The van der Waals surface area contributed by atoms with E-state index in [1.165, 1.54) is 5.56 Å². The first kappa shape index (κ1) is 13.5. The van der Waals surface area contributed by atoms with Crippen molar-refractivity contribution in [3.63, 3.8) is 0 Å². The van der Waals surface area contributed by atoms with Crippen LogP contribution in [0.5, 0.6) is 0 Å². The molecule has 2 aliphatic rings. The van der Waals surface area contributed by atoms with Crippen LogP contribution in [-0.4, -0.2) is 54.3 Å². The van der Waals surface area contributed by atoms with E-state index < -0.39 is 0 Å². The van der Waals surface area contributed by atoms with Gasteiger partial charge in [0, 0.05) is 50.6 Å². The molecular weight excluding hydrogens is 278 g/mol. The molecule has 2 aromatic heterocycles. The third kappa shape index (κ3) is 2.62. The Balaban J connectivity index is 1.44. The normalized spacial score (nSPS) is 19.1. The highest BCUT2D eigenvalue weighted by Crippen LogP contribution is 2.31. The molecule has 6 heteroatoms. The highest BCUT2D eigenvalue weighted by atomic mass is 16.5. The van der Waals surface area contributed by atoms with E-state index in [1.807, 2.05) is 12.4 Å². The minimum absolute atomic E-state index is 0.574. The Morgan fingerprint density at radius 3 is 2.36 bits per heavy atom. The minimum Gasteiger partial charge on any atom is -0.378 e. The molecule has 114 valence electrons. The molecule has 0 radical (unpaired) electrons. The molecular formula is C16H19N5O. The Hall–Kier alpha value is -2.21. The van der Waals surface area contributed by atoms with Gasteiger partial charge in [-0.05, 0) is 17.7 Å². The minimum atomic E-state index is 0.574. The Bertz CT molecular complexity index is 623. The van der Waals surface area contributed by atoms with Gasteiger partial charge < -0.3 is 14.5 Å².